The van der Waals surface area contributed by atoms with Crippen LogP contribution in [0.4, 0.5) is 4.39 Å². The lowest BCUT2D eigenvalue weighted by Crippen LogP contribution is -2.21. The molecule has 1 aliphatic rings. The summed E-state index contributed by atoms with van der Waals surface area (Å²) in [6.45, 7) is 3.79. The van der Waals surface area contributed by atoms with E-state index in [2.05, 4.69) is 27.1 Å². The van der Waals surface area contributed by atoms with Gasteiger partial charge in [0.2, 0.25) is 0 Å². The van der Waals surface area contributed by atoms with Gasteiger partial charge in [0.25, 0.3) is 0 Å². The molecule has 0 fully saturated rings. The zero-order valence-electron chi connectivity index (χ0n) is 18.3. The topological polar surface area (TPSA) is 79.5 Å². The van der Waals surface area contributed by atoms with E-state index in [-0.39, 0.29) is 5.82 Å². The minimum absolute atomic E-state index is 0.313. The minimum Gasteiger partial charge on any atom is -0.494 e. The Balaban J connectivity index is 1.23. The number of rotatable bonds is 8. The number of nitrogens with zero attached hydrogens (tertiary/aromatic N) is 4. The number of halogens is 1. The van der Waals surface area contributed by atoms with Gasteiger partial charge >= 0.3 is 0 Å². The van der Waals surface area contributed by atoms with E-state index in [4.69, 9.17) is 9.26 Å². The zero-order chi connectivity index (χ0) is 22.6. The van der Waals surface area contributed by atoms with Crippen molar-refractivity contribution in [2.75, 3.05) is 6.61 Å². The van der Waals surface area contributed by atoms with Crippen molar-refractivity contribution in [1.29, 1.82) is 0 Å². The number of nitrogens with one attached hydrogen (secondary N) is 1. The van der Waals surface area contributed by atoms with Gasteiger partial charge in [0.15, 0.2) is 5.76 Å². The Hall–Kier alpha value is -3.94. The van der Waals surface area contributed by atoms with Crippen LogP contribution in [0.25, 0.3) is 22.6 Å². The Kier molecular flexibility index (Phi) is 5.89. The molecule has 0 atom stereocenters. The highest BCUT2D eigenvalue weighted by Gasteiger charge is 2.20. The van der Waals surface area contributed by atoms with Gasteiger partial charge in [-0.2, -0.15) is 5.10 Å². The van der Waals surface area contributed by atoms with Gasteiger partial charge in [-0.15, -0.1) is 0 Å². The monoisotopic (exact) mass is 445 g/mol. The molecule has 0 bridgehead atoms. The summed E-state index contributed by atoms with van der Waals surface area (Å²) >= 11 is 0. The van der Waals surface area contributed by atoms with Gasteiger partial charge in [0.05, 0.1) is 42.9 Å². The molecule has 2 aromatic carbocycles. The molecule has 3 heterocycles. The molecule has 0 amide bonds. The number of ether oxygens (including phenoxy) is 1. The van der Waals surface area contributed by atoms with Gasteiger partial charge in [-0.25, -0.2) is 9.37 Å². The molecule has 1 aliphatic heterocycles. The summed E-state index contributed by atoms with van der Waals surface area (Å²) in [7, 11) is 0. The standard InChI is InChI=1S/C25H24FN5O2/c1-2-3-12-32-18-10-8-17(9-11-18)22-13-19(33-30-22)15-31-16-24-23(14-27-31)28-25(29-24)20-6-4-5-7-21(20)26/h4-11,13-14H,2-3,12,15-16H2,1H3,(H,28,29). The summed E-state index contributed by atoms with van der Waals surface area (Å²) in [5, 5.41) is 10.5. The molecule has 7 nitrogen and oxygen atoms in total. The summed E-state index contributed by atoms with van der Waals surface area (Å²) in [6, 6.07) is 16.3. The molecule has 0 aliphatic carbocycles. The molecule has 0 radical (unpaired) electrons. The third kappa shape index (κ3) is 4.64. The van der Waals surface area contributed by atoms with Gasteiger partial charge in [0.1, 0.15) is 23.1 Å². The van der Waals surface area contributed by atoms with Crippen molar-refractivity contribution in [3.63, 3.8) is 0 Å². The first-order valence-electron chi connectivity index (χ1n) is 11.0. The van der Waals surface area contributed by atoms with E-state index in [0.717, 1.165) is 47.8 Å². The van der Waals surface area contributed by atoms with E-state index in [1.165, 1.54) is 6.07 Å². The molecule has 2 aromatic heterocycles. The van der Waals surface area contributed by atoms with E-state index in [1.807, 2.05) is 35.3 Å². The second-order valence-electron chi connectivity index (χ2n) is 7.90. The Morgan fingerprint density at radius 1 is 1.15 bits per heavy atom. The number of aromatic amines is 1. The molecular weight excluding hydrogens is 421 g/mol. The van der Waals surface area contributed by atoms with Crippen molar-refractivity contribution in [1.82, 2.24) is 20.1 Å². The maximum Gasteiger partial charge on any atom is 0.158 e. The lowest BCUT2D eigenvalue weighted by molar-refractivity contribution is 0.229. The first-order valence-corrected chi connectivity index (χ1v) is 11.0. The normalized spacial score (nSPS) is 12.7. The smallest absolute Gasteiger partial charge is 0.158 e. The fourth-order valence-corrected chi connectivity index (χ4v) is 3.64. The lowest BCUT2D eigenvalue weighted by Gasteiger charge is -2.19. The van der Waals surface area contributed by atoms with Crippen molar-refractivity contribution in [2.45, 2.75) is 32.9 Å². The van der Waals surface area contributed by atoms with Crippen LogP contribution in [0.3, 0.4) is 0 Å². The van der Waals surface area contributed by atoms with Crippen LogP contribution in [-0.4, -0.2) is 33.0 Å². The Morgan fingerprint density at radius 2 is 2.00 bits per heavy atom. The van der Waals surface area contributed by atoms with Crippen molar-refractivity contribution in [2.24, 2.45) is 5.10 Å². The number of hydrogen-bond donors (Lipinski definition) is 1. The van der Waals surface area contributed by atoms with E-state index in [9.17, 15) is 4.39 Å². The second-order valence-corrected chi connectivity index (χ2v) is 7.90. The van der Waals surface area contributed by atoms with Gasteiger partial charge in [-0.05, 0) is 42.8 Å². The van der Waals surface area contributed by atoms with E-state index in [1.54, 1.807) is 24.4 Å². The number of imidazole rings is 1. The van der Waals surface area contributed by atoms with Crippen molar-refractivity contribution < 1.29 is 13.7 Å². The van der Waals surface area contributed by atoms with Crippen LogP contribution in [0.15, 0.2) is 64.2 Å². The number of benzene rings is 2. The third-order valence-electron chi connectivity index (χ3n) is 5.44. The lowest BCUT2D eigenvalue weighted by atomic mass is 10.1. The van der Waals surface area contributed by atoms with Gasteiger partial charge < -0.3 is 14.2 Å². The molecule has 1 N–H and O–H groups in total. The number of fused-ring (bicyclic) bond motifs is 1. The van der Waals surface area contributed by atoms with E-state index >= 15 is 0 Å². The molecule has 0 saturated heterocycles. The average molecular weight is 445 g/mol. The largest absolute Gasteiger partial charge is 0.494 e. The third-order valence-corrected chi connectivity index (χ3v) is 5.44. The van der Waals surface area contributed by atoms with Gasteiger partial charge in [-0.3, -0.25) is 5.01 Å². The van der Waals surface area contributed by atoms with Crippen LogP contribution in [0.5, 0.6) is 5.75 Å². The molecule has 5 rings (SSSR count). The summed E-state index contributed by atoms with van der Waals surface area (Å²) in [4.78, 5) is 7.72. The fraction of sp³-hybridized carbons (Fsp3) is 0.240. The van der Waals surface area contributed by atoms with Gasteiger partial charge in [0, 0.05) is 11.6 Å². The highest BCUT2D eigenvalue weighted by atomic mass is 19.1. The highest BCUT2D eigenvalue weighted by Crippen LogP contribution is 2.26. The van der Waals surface area contributed by atoms with Crippen LogP contribution < -0.4 is 4.74 Å². The minimum atomic E-state index is -0.313. The van der Waals surface area contributed by atoms with Crippen LogP contribution in [0.1, 0.15) is 36.9 Å². The first kappa shape index (κ1) is 20.9. The number of H-pyrrole nitrogens is 1. The summed E-state index contributed by atoms with van der Waals surface area (Å²) in [5.74, 6) is 1.73. The summed E-state index contributed by atoms with van der Waals surface area (Å²) in [6.07, 6.45) is 3.84. The second kappa shape index (κ2) is 9.28. The van der Waals surface area contributed by atoms with Crippen LogP contribution >= 0.6 is 0 Å². The molecular formula is C25H24FN5O2. The van der Waals surface area contributed by atoms with Crippen molar-refractivity contribution >= 4 is 6.21 Å². The summed E-state index contributed by atoms with van der Waals surface area (Å²) < 4.78 is 25.4. The Morgan fingerprint density at radius 3 is 2.82 bits per heavy atom. The summed E-state index contributed by atoms with van der Waals surface area (Å²) in [5.41, 5.74) is 3.74. The number of unbranched alkanes of at least 4 members (excludes halogenated alkanes) is 1. The molecule has 0 spiro atoms. The molecule has 33 heavy (non-hydrogen) atoms. The van der Waals surface area contributed by atoms with Crippen molar-refractivity contribution in [3.8, 4) is 28.4 Å². The van der Waals surface area contributed by atoms with Crippen LogP contribution in [-0.2, 0) is 13.1 Å². The maximum atomic E-state index is 14.1. The van der Waals surface area contributed by atoms with Gasteiger partial charge in [-0.1, -0.05) is 30.6 Å². The zero-order valence-corrected chi connectivity index (χ0v) is 18.3. The SMILES string of the molecule is CCCCOc1ccc(-c2cc(CN3Cc4nc(-c5ccccc5F)[nH]c4C=N3)on2)cc1. The first-order chi connectivity index (χ1) is 16.2. The average Bonchev–Trinajstić information content (AvgIpc) is 3.47. The van der Waals surface area contributed by atoms with E-state index < -0.39 is 0 Å². The van der Waals surface area contributed by atoms with E-state index in [0.29, 0.717) is 30.2 Å². The molecule has 0 saturated carbocycles. The molecule has 8 heteroatoms. The number of hydrogen-bond acceptors (Lipinski definition) is 6. The molecule has 168 valence electrons. The van der Waals surface area contributed by atoms with Crippen LogP contribution in [0, 0.1) is 5.82 Å². The quantitative estimate of drug-likeness (QED) is 0.367. The van der Waals surface area contributed by atoms with Crippen molar-refractivity contribution in [3.05, 3.63) is 77.6 Å². The molecule has 0 unspecified atom stereocenters. The Labute approximate surface area is 190 Å². The fourth-order valence-electron chi connectivity index (χ4n) is 3.64. The Bertz CT molecular complexity index is 1260. The van der Waals surface area contributed by atoms with Crippen LogP contribution in [0.2, 0.25) is 0 Å². The predicted molar refractivity (Wildman–Crippen MR) is 123 cm³/mol. The molecule has 4 aromatic rings. The highest BCUT2D eigenvalue weighted by molar-refractivity contribution is 5.80. The number of hydrazone groups is 1. The number of aromatic nitrogens is 3. The predicted octanol–water partition coefficient (Wildman–Crippen LogP) is 5.40. The maximum absolute atomic E-state index is 14.1.